The zero-order valence-electron chi connectivity index (χ0n) is 15.3. The number of hydrogen-bond acceptors (Lipinski definition) is 3. The molecule has 2 amide bonds. The van der Waals surface area contributed by atoms with E-state index >= 15 is 0 Å². The fourth-order valence-electron chi connectivity index (χ4n) is 3.46. The van der Waals surface area contributed by atoms with E-state index in [0.29, 0.717) is 38.0 Å². The number of nitrogens with zero attached hydrogens (tertiary/aromatic N) is 2. The van der Waals surface area contributed by atoms with Crippen molar-refractivity contribution < 1.29 is 9.59 Å². The summed E-state index contributed by atoms with van der Waals surface area (Å²) in [6, 6.07) is 8.34. The molecule has 1 saturated heterocycles. The average Bonchev–Trinajstić information content (AvgIpc) is 3.42. The van der Waals surface area contributed by atoms with Crippen LogP contribution in [0, 0.1) is 12.8 Å². The summed E-state index contributed by atoms with van der Waals surface area (Å²) in [7, 11) is 0. The Balaban J connectivity index is 1.41. The first-order valence-electron chi connectivity index (χ1n) is 9.37. The van der Waals surface area contributed by atoms with Gasteiger partial charge in [-0.1, -0.05) is 24.3 Å². The van der Waals surface area contributed by atoms with E-state index in [1.54, 1.807) is 0 Å². The molecule has 5 heteroatoms. The molecule has 25 heavy (non-hydrogen) atoms. The van der Waals surface area contributed by atoms with Crippen LogP contribution >= 0.6 is 0 Å². The van der Waals surface area contributed by atoms with E-state index in [1.807, 2.05) is 36.1 Å². The van der Waals surface area contributed by atoms with Crippen LogP contribution in [0.25, 0.3) is 0 Å². The lowest BCUT2D eigenvalue weighted by atomic mass is 10.1. The smallest absolute Gasteiger partial charge is 0.234 e. The van der Waals surface area contributed by atoms with Gasteiger partial charge in [0.05, 0.1) is 13.0 Å². The van der Waals surface area contributed by atoms with Crippen LogP contribution in [0.4, 0.5) is 0 Å². The number of rotatable bonds is 6. The summed E-state index contributed by atoms with van der Waals surface area (Å²) in [5, 5.41) is 3.10. The van der Waals surface area contributed by atoms with E-state index in [4.69, 9.17) is 0 Å². The Hall–Kier alpha value is -1.88. The third-order valence-electron chi connectivity index (χ3n) is 5.41. The summed E-state index contributed by atoms with van der Waals surface area (Å²) >= 11 is 0. The normalized spacial score (nSPS) is 19.5. The molecule has 1 aromatic rings. The molecule has 2 fully saturated rings. The molecule has 1 aromatic carbocycles. The van der Waals surface area contributed by atoms with E-state index in [0.717, 1.165) is 24.2 Å². The Morgan fingerprint density at radius 2 is 1.84 bits per heavy atom. The summed E-state index contributed by atoms with van der Waals surface area (Å²) in [5.41, 5.74) is 2.26. The molecular weight excluding hydrogens is 314 g/mol. The van der Waals surface area contributed by atoms with Crippen LogP contribution in [-0.4, -0.2) is 60.4 Å². The average molecular weight is 343 g/mol. The number of carbonyl (C=O) groups excluding carboxylic acids is 2. The maximum Gasteiger partial charge on any atom is 0.234 e. The van der Waals surface area contributed by atoms with E-state index in [-0.39, 0.29) is 11.8 Å². The zero-order chi connectivity index (χ0) is 17.8. The van der Waals surface area contributed by atoms with E-state index in [1.165, 1.54) is 12.8 Å². The second kappa shape index (κ2) is 8.00. The maximum absolute atomic E-state index is 12.5. The number of piperazine rings is 1. The van der Waals surface area contributed by atoms with Crippen LogP contribution in [0.5, 0.6) is 0 Å². The number of amides is 2. The van der Waals surface area contributed by atoms with Crippen molar-refractivity contribution in [3.63, 3.8) is 0 Å². The second-order valence-corrected chi connectivity index (χ2v) is 7.45. The highest BCUT2D eigenvalue weighted by Crippen LogP contribution is 2.32. The molecule has 0 unspecified atom stereocenters. The van der Waals surface area contributed by atoms with Gasteiger partial charge in [0.15, 0.2) is 0 Å². The van der Waals surface area contributed by atoms with Crippen molar-refractivity contribution in [1.29, 1.82) is 0 Å². The molecule has 1 N–H and O–H groups in total. The predicted octanol–water partition coefficient (Wildman–Crippen LogP) is 1.60. The summed E-state index contributed by atoms with van der Waals surface area (Å²) in [6.07, 6.45) is 2.94. The van der Waals surface area contributed by atoms with E-state index < -0.39 is 0 Å². The van der Waals surface area contributed by atoms with Crippen LogP contribution in [0.1, 0.15) is 30.9 Å². The molecule has 1 heterocycles. The van der Waals surface area contributed by atoms with Gasteiger partial charge in [-0.05, 0) is 43.7 Å². The first kappa shape index (κ1) is 17.9. The number of hydrogen-bond donors (Lipinski definition) is 1. The van der Waals surface area contributed by atoms with Crippen molar-refractivity contribution in [3.05, 3.63) is 35.4 Å². The SMILES string of the molecule is Cc1ccccc1CC(=O)N1CCN(CC(=O)N[C@H](C)C2CC2)CC1. The van der Waals surface area contributed by atoms with Gasteiger partial charge in [-0.3, -0.25) is 14.5 Å². The minimum atomic E-state index is 0.110. The first-order valence-corrected chi connectivity index (χ1v) is 9.37. The van der Waals surface area contributed by atoms with Crippen LogP contribution in [0.15, 0.2) is 24.3 Å². The second-order valence-electron chi connectivity index (χ2n) is 7.45. The van der Waals surface area contributed by atoms with Crippen LogP contribution in [0.3, 0.4) is 0 Å². The van der Waals surface area contributed by atoms with Gasteiger partial charge in [-0.25, -0.2) is 0 Å². The molecular formula is C20H29N3O2. The van der Waals surface area contributed by atoms with Crippen LogP contribution < -0.4 is 5.32 Å². The third-order valence-corrected chi connectivity index (χ3v) is 5.41. The summed E-state index contributed by atoms with van der Waals surface area (Å²) < 4.78 is 0. The fraction of sp³-hybridized carbons (Fsp3) is 0.600. The van der Waals surface area contributed by atoms with Gasteiger partial charge in [0, 0.05) is 32.2 Å². The monoisotopic (exact) mass is 343 g/mol. The largest absolute Gasteiger partial charge is 0.352 e. The lowest BCUT2D eigenvalue weighted by Crippen LogP contribution is -2.52. The van der Waals surface area contributed by atoms with Crippen molar-refractivity contribution in [2.75, 3.05) is 32.7 Å². The minimum Gasteiger partial charge on any atom is -0.352 e. The van der Waals surface area contributed by atoms with Crippen molar-refractivity contribution in [1.82, 2.24) is 15.1 Å². The number of carbonyl (C=O) groups is 2. The summed E-state index contributed by atoms with van der Waals surface area (Å²) in [5.74, 6) is 0.972. The molecule has 0 spiro atoms. The van der Waals surface area contributed by atoms with Crippen molar-refractivity contribution in [3.8, 4) is 0 Å². The summed E-state index contributed by atoms with van der Waals surface area (Å²) in [6.45, 7) is 7.53. The van der Waals surface area contributed by atoms with Crippen molar-refractivity contribution in [2.24, 2.45) is 5.92 Å². The Kier molecular flexibility index (Phi) is 5.74. The predicted molar refractivity (Wildman–Crippen MR) is 98.2 cm³/mol. The molecule has 0 bridgehead atoms. The molecule has 0 radical (unpaired) electrons. The standard InChI is InChI=1S/C20H29N3O2/c1-15-5-3-4-6-18(15)13-20(25)23-11-9-22(10-12-23)14-19(24)21-16(2)17-7-8-17/h3-6,16-17H,7-14H2,1-2H3,(H,21,24)/t16-/m1/s1. The molecule has 5 nitrogen and oxygen atoms in total. The molecule has 1 aliphatic carbocycles. The molecule has 0 aromatic heterocycles. The molecule has 1 saturated carbocycles. The molecule has 3 rings (SSSR count). The molecule has 1 atom stereocenters. The topological polar surface area (TPSA) is 52.7 Å². The Labute approximate surface area is 150 Å². The number of aryl methyl sites for hydroxylation is 1. The highest BCUT2D eigenvalue weighted by atomic mass is 16.2. The van der Waals surface area contributed by atoms with Gasteiger partial charge in [-0.15, -0.1) is 0 Å². The van der Waals surface area contributed by atoms with Crippen LogP contribution in [0.2, 0.25) is 0 Å². The van der Waals surface area contributed by atoms with Crippen molar-refractivity contribution in [2.45, 2.75) is 39.2 Å². The fourth-order valence-corrected chi connectivity index (χ4v) is 3.46. The number of nitrogens with one attached hydrogen (secondary N) is 1. The van der Waals surface area contributed by atoms with Gasteiger partial charge >= 0.3 is 0 Å². The van der Waals surface area contributed by atoms with E-state index in [9.17, 15) is 9.59 Å². The summed E-state index contributed by atoms with van der Waals surface area (Å²) in [4.78, 5) is 28.7. The van der Waals surface area contributed by atoms with Gasteiger partial charge in [0.1, 0.15) is 0 Å². The van der Waals surface area contributed by atoms with Gasteiger partial charge in [-0.2, -0.15) is 0 Å². The Morgan fingerprint density at radius 3 is 2.48 bits per heavy atom. The maximum atomic E-state index is 12.5. The molecule has 2 aliphatic rings. The van der Waals surface area contributed by atoms with Crippen molar-refractivity contribution >= 4 is 11.8 Å². The highest BCUT2D eigenvalue weighted by Gasteiger charge is 2.29. The van der Waals surface area contributed by atoms with E-state index in [2.05, 4.69) is 17.1 Å². The Bertz CT molecular complexity index is 619. The molecule has 136 valence electrons. The minimum absolute atomic E-state index is 0.110. The van der Waals surface area contributed by atoms with Crippen LogP contribution in [-0.2, 0) is 16.0 Å². The lowest BCUT2D eigenvalue weighted by Gasteiger charge is -2.34. The molecule has 1 aliphatic heterocycles. The van der Waals surface area contributed by atoms with Gasteiger partial charge < -0.3 is 10.2 Å². The third kappa shape index (κ3) is 5.05. The van der Waals surface area contributed by atoms with Gasteiger partial charge in [0.25, 0.3) is 0 Å². The van der Waals surface area contributed by atoms with Gasteiger partial charge in [0.2, 0.25) is 11.8 Å². The highest BCUT2D eigenvalue weighted by molar-refractivity contribution is 5.80. The lowest BCUT2D eigenvalue weighted by molar-refractivity contribution is -0.132. The quantitative estimate of drug-likeness (QED) is 0.854. The zero-order valence-corrected chi connectivity index (χ0v) is 15.3. The number of benzene rings is 1. The Morgan fingerprint density at radius 1 is 1.16 bits per heavy atom. The first-order chi connectivity index (χ1) is 12.0.